The van der Waals surface area contributed by atoms with Crippen LogP contribution < -0.4 is 0 Å². The van der Waals surface area contributed by atoms with Crippen molar-refractivity contribution >= 4 is 17.6 Å². The first-order valence-electron chi connectivity index (χ1n) is 6.09. The molecule has 2 unspecified atom stereocenters. The first-order chi connectivity index (χ1) is 9.25. The van der Waals surface area contributed by atoms with Gasteiger partial charge in [-0.1, -0.05) is 37.6 Å². The minimum absolute atomic E-state index is 0.201. The first-order valence-corrected chi connectivity index (χ1v) is 6.47. The summed E-state index contributed by atoms with van der Waals surface area (Å²) in [6.45, 7) is 3.12. The minimum atomic E-state index is -3.05. The van der Waals surface area contributed by atoms with E-state index in [2.05, 4.69) is 4.74 Å². The average Bonchev–Trinajstić information content (AvgIpc) is 2.38. The van der Waals surface area contributed by atoms with Crippen LogP contribution in [0.5, 0.6) is 0 Å². The van der Waals surface area contributed by atoms with Gasteiger partial charge in [0, 0.05) is 5.02 Å². The lowest BCUT2D eigenvalue weighted by atomic mass is 9.73. The summed E-state index contributed by atoms with van der Waals surface area (Å²) in [6, 6.07) is 5.81. The van der Waals surface area contributed by atoms with Crippen molar-refractivity contribution in [2.75, 3.05) is 7.11 Å². The minimum Gasteiger partial charge on any atom is -0.469 e. The number of alkyl halides is 2. The number of carbonyl (C=O) groups excluding carboxylic acids is 1. The van der Waals surface area contributed by atoms with Gasteiger partial charge in [0.1, 0.15) is 5.60 Å². The fraction of sp³-hybridized carbons (Fsp3) is 0.500. The van der Waals surface area contributed by atoms with E-state index in [1.54, 1.807) is 13.8 Å². The molecule has 0 radical (unpaired) electrons. The zero-order valence-electron chi connectivity index (χ0n) is 11.4. The van der Waals surface area contributed by atoms with Crippen molar-refractivity contribution in [1.82, 2.24) is 0 Å². The molecule has 0 aliphatic rings. The molecule has 6 heteroatoms. The number of rotatable bonds is 5. The van der Waals surface area contributed by atoms with Gasteiger partial charge in [-0.25, -0.2) is 8.78 Å². The van der Waals surface area contributed by atoms with E-state index in [0.29, 0.717) is 5.02 Å². The van der Waals surface area contributed by atoms with Crippen LogP contribution in [0.25, 0.3) is 0 Å². The molecule has 112 valence electrons. The number of halogens is 3. The van der Waals surface area contributed by atoms with Crippen LogP contribution in [0.15, 0.2) is 24.3 Å². The van der Waals surface area contributed by atoms with Crippen molar-refractivity contribution < 1.29 is 23.4 Å². The Morgan fingerprint density at radius 2 is 1.80 bits per heavy atom. The molecule has 1 aromatic rings. The van der Waals surface area contributed by atoms with Crippen molar-refractivity contribution in [3.8, 4) is 0 Å². The number of benzene rings is 1. The zero-order valence-corrected chi connectivity index (χ0v) is 12.2. The van der Waals surface area contributed by atoms with Gasteiger partial charge >= 0.3 is 5.97 Å². The Morgan fingerprint density at radius 1 is 1.30 bits per heavy atom. The normalized spacial score (nSPS) is 16.1. The lowest BCUT2D eigenvalue weighted by molar-refractivity contribution is -0.176. The molecular weight excluding hydrogens is 290 g/mol. The molecule has 0 amide bonds. The summed E-state index contributed by atoms with van der Waals surface area (Å²) < 4.78 is 31.0. The van der Waals surface area contributed by atoms with Crippen molar-refractivity contribution in [3.63, 3.8) is 0 Å². The lowest BCUT2D eigenvalue weighted by Gasteiger charge is -2.38. The molecule has 20 heavy (non-hydrogen) atoms. The Bertz CT molecular complexity index is 462. The summed E-state index contributed by atoms with van der Waals surface area (Å²) in [5.41, 5.74) is -1.83. The molecule has 0 saturated carbocycles. The van der Waals surface area contributed by atoms with Gasteiger partial charge in [0.25, 0.3) is 6.43 Å². The Hall–Kier alpha value is -1.20. The molecule has 0 aromatic heterocycles. The van der Waals surface area contributed by atoms with Gasteiger partial charge < -0.3 is 9.84 Å². The van der Waals surface area contributed by atoms with Crippen molar-refractivity contribution in [3.05, 3.63) is 34.9 Å². The lowest BCUT2D eigenvalue weighted by Crippen LogP contribution is -2.48. The summed E-state index contributed by atoms with van der Waals surface area (Å²) in [7, 11) is 1.01. The summed E-state index contributed by atoms with van der Waals surface area (Å²) in [4.78, 5) is 11.7. The monoisotopic (exact) mass is 306 g/mol. The second-order valence-electron chi connectivity index (χ2n) is 4.82. The largest absolute Gasteiger partial charge is 0.469 e. The van der Waals surface area contributed by atoms with Gasteiger partial charge in [0.2, 0.25) is 0 Å². The zero-order chi connectivity index (χ0) is 15.5. The molecule has 1 aromatic carbocycles. The van der Waals surface area contributed by atoms with Gasteiger partial charge in [-0.3, -0.25) is 4.79 Å². The van der Waals surface area contributed by atoms with Crippen molar-refractivity contribution in [1.29, 1.82) is 0 Å². The predicted molar refractivity (Wildman–Crippen MR) is 71.7 cm³/mol. The molecule has 2 atom stereocenters. The molecule has 0 aliphatic carbocycles. The summed E-state index contributed by atoms with van der Waals surface area (Å²) in [5, 5.41) is 11.2. The summed E-state index contributed by atoms with van der Waals surface area (Å²) in [5.74, 6) is -3.73. The summed E-state index contributed by atoms with van der Waals surface area (Å²) >= 11 is 5.75. The van der Waals surface area contributed by atoms with Crippen LogP contribution in [0.1, 0.15) is 19.4 Å². The standard InChI is InChI=1S/C14H17ClF2O3/c1-8(2)14(19,9-4-6-10(15)7-5-9)11(12(16)17)13(18)20-3/h4-8,11-12,19H,1-3H3. The molecule has 0 heterocycles. The molecular formula is C14H17ClF2O3. The number of carbonyl (C=O) groups is 1. The first kappa shape index (κ1) is 16.9. The van der Waals surface area contributed by atoms with Crippen LogP contribution in [-0.2, 0) is 15.1 Å². The van der Waals surface area contributed by atoms with E-state index < -0.39 is 29.8 Å². The average molecular weight is 307 g/mol. The number of hydrogen-bond acceptors (Lipinski definition) is 3. The second kappa shape index (κ2) is 6.50. The van der Waals surface area contributed by atoms with Gasteiger partial charge in [-0.2, -0.15) is 0 Å². The highest BCUT2D eigenvalue weighted by Crippen LogP contribution is 2.41. The Morgan fingerprint density at radius 3 is 2.15 bits per heavy atom. The van der Waals surface area contributed by atoms with Crippen molar-refractivity contribution in [2.45, 2.75) is 25.9 Å². The second-order valence-corrected chi connectivity index (χ2v) is 5.26. The van der Waals surface area contributed by atoms with Crippen LogP contribution in [0.4, 0.5) is 8.78 Å². The van der Waals surface area contributed by atoms with Gasteiger partial charge in [0.05, 0.1) is 7.11 Å². The van der Waals surface area contributed by atoms with Gasteiger partial charge in [-0.05, 0) is 23.6 Å². The predicted octanol–water partition coefficient (Wildman–Crippen LogP) is 3.24. The van der Waals surface area contributed by atoms with Crippen LogP contribution in [0.3, 0.4) is 0 Å². The third-order valence-corrected chi connectivity index (χ3v) is 3.62. The molecule has 0 saturated heterocycles. The number of esters is 1. The number of hydrogen-bond donors (Lipinski definition) is 1. The molecule has 0 bridgehead atoms. The number of ether oxygens (including phenoxy) is 1. The van der Waals surface area contributed by atoms with E-state index in [1.807, 2.05) is 0 Å². The Balaban J connectivity index is 3.39. The maximum absolute atomic E-state index is 13.3. The quantitative estimate of drug-likeness (QED) is 0.850. The number of methoxy groups -OCH3 is 1. The van der Waals surface area contributed by atoms with Crippen LogP contribution in [0.2, 0.25) is 5.02 Å². The molecule has 0 spiro atoms. The maximum Gasteiger partial charge on any atom is 0.317 e. The van der Waals surface area contributed by atoms with Crippen molar-refractivity contribution in [2.24, 2.45) is 11.8 Å². The fourth-order valence-electron chi connectivity index (χ4n) is 2.19. The summed E-state index contributed by atoms with van der Waals surface area (Å²) in [6.07, 6.45) is -3.05. The third kappa shape index (κ3) is 3.10. The van der Waals surface area contributed by atoms with Crippen LogP contribution >= 0.6 is 11.6 Å². The van der Waals surface area contributed by atoms with Crippen LogP contribution in [0, 0.1) is 11.8 Å². The highest BCUT2D eigenvalue weighted by Gasteiger charge is 2.51. The Labute approximate surface area is 121 Å². The molecule has 0 aliphatic heterocycles. The molecule has 1 N–H and O–H groups in total. The fourth-order valence-corrected chi connectivity index (χ4v) is 2.32. The molecule has 0 fully saturated rings. The smallest absolute Gasteiger partial charge is 0.317 e. The van der Waals surface area contributed by atoms with E-state index in [4.69, 9.17) is 11.6 Å². The van der Waals surface area contributed by atoms with E-state index >= 15 is 0 Å². The highest BCUT2D eigenvalue weighted by molar-refractivity contribution is 6.30. The SMILES string of the molecule is COC(=O)C(C(F)F)C(O)(c1ccc(Cl)cc1)C(C)C. The third-order valence-electron chi connectivity index (χ3n) is 3.37. The molecule has 3 nitrogen and oxygen atoms in total. The van der Waals surface area contributed by atoms with E-state index in [9.17, 15) is 18.7 Å². The maximum atomic E-state index is 13.3. The number of aliphatic hydroxyl groups is 1. The van der Waals surface area contributed by atoms with E-state index in [1.165, 1.54) is 24.3 Å². The Kier molecular flexibility index (Phi) is 5.48. The van der Waals surface area contributed by atoms with Gasteiger partial charge in [-0.15, -0.1) is 0 Å². The van der Waals surface area contributed by atoms with E-state index in [0.717, 1.165) is 7.11 Å². The molecule has 1 rings (SSSR count). The topological polar surface area (TPSA) is 46.5 Å². The van der Waals surface area contributed by atoms with E-state index in [-0.39, 0.29) is 5.56 Å². The van der Waals surface area contributed by atoms with Crippen LogP contribution in [-0.4, -0.2) is 24.6 Å². The van der Waals surface area contributed by atoms with Gasteiger partial charge in [0.15, 0.2) is 5.92 Å². The highest BCUT2D eigenvalue weighted by atomic mass is 35.5.